The van der Waals surface area contributed by atoms with Gasteiger partial charge in [-0.25, -0.2) is 0 Å². The number of imide groups is 1. The number of carbonyl (C=O) groups excluding carboxylic acids is 3. The van der Waals surface area contributed by atoms with Gasteiger partial charge < -0.3 is 15.0 Å². The molecule has 2 aromatic carbocycles. The Morgan fingerprint density at radius 3 is 2.21 bits per heavy atom. The standard InChI is InChI=1S/C26H27N3O4/c1-17-6-8-18(9-7-17)27-24(30)22-16-19(10-11-23(22)28-12-14-33-15-13-28)29-25(31)20-4-2-3-5-21(20)26(29)32/h2-3,6-11,16,20-21H,4-5,12-15H2,1H3,(H,27,30)/t20-,21-/m0/s1. The number of fused-ring (bicyclic) bond motifs is 1. The highest BCUT2D eigenvalue weighted by atomic mass is 16.5. The van der Waals surface area contributed by atoms with Gasteiger partial charge >= 0.3 is 0 Å². The maximum Gasteiger partial charge on any atom is 0.257 e. The molecule has 7 nitrogen and oxygen atoms in total. The first-order valence-corrected chi connectivity index (χ1v) is 11.4. The van der Waals surface area contributed by atoms with E-state index in [1.807, 2.05) is 49.4 Å². The number of amides is 3. The number of ether oxygens (including phenoxy) is 1. The summed E-state index contributed by atoms with van der Waals surface area (Å²) in [6.45, 7) is 4.49. The number of aryl methyl sites for hydroxylation is 1. The van der Waals surface area contributed by atoms with Crippen LogP contribution in [-0.4, -0.2) is 44.0 Å². The number of anilines is 3. The zero-order chi connectivity index (χ0) is 22.9. The monoisotopic (exact) mass is 445 g/mol. The van der Waals surface area contributed by atoms with Gasteiger partial charge in [0.15, 0.2) is 0 Å². The van der Waals surface area contributed by atoms with Crippen molar-refractivity contribution in [1.29, 1.82) is 0 Å². The van der Waals surface area contributed by atoms with Crippen LogP contribution in [0.5, 0.6) is 0 Å². The van der Waals surface area contributed by atoms with Crippen LogP contribution in [0.3, 0.4) is 0 Å². The van der Waals surface area contributed by atoms with Crippen molar-refractivity contribution >= 4 is 34.8 Å². The lowest BCUT2D eigenvalue weighted by atomic mass is 9.85. The van der Waals surface area contributed by atoms with E-state index in [-0.39, 0.29) is 29.6 Å². The van der Waals surface area contributed by atoms with Gasteiger partial charge in [-0.15, -0.1) is 0 Å². The van der Waals surface area contributed by atoms with Crippen molar-refractivity contribution in [3.8, 4) is 0 Å². The van der Waals surface area contributed by atoms with Gasteiger partial charge in [0.2, 0.25) is 11.8 Å². The number of nitrogens with one attached hydrogen (secondary N) is 1. The topological polar surface area (TPSA) is 79.0 Å². The summed E-state index contributed by atoms with van der Waals surface area (Å²) in [4.78, 5) is 42.9. The number of hydrogen-bond donors (Lipinski definition) is 1. The Balaban J connectivity index is 1.50. The SMILES string of the molecule is Cc1ccc(NC(=O)c2cc(N3C(=O)[C@H]4CC=CC[C@@H]4C3=O)ccc2N2CCOCC2)cc1. The smallest absolute Gasteiger partial charge is 0.257 e. The number of nitrogens with zero attached hydrogens (tertiary/aromatic N) is 2. The summed E-state index contributed by atoms with van der Waals surface area (Å²) in [6.07, 6.45) is 5.10. The molecule has 0 spiro atoms. The molecule has 0 bridgehead atoms. The number of hydrogen-bond acceptors (Lipinski definition) is 5. The third-order valence-corrected chi connectivity index (χ3v) is 6.65. The van der Waals surface area contributed by atoms with Gasteiger partial charge in [0.1, 0.15) is 0 Å². The second-order valence-corrected chi connectivity index (χ2v) is 8.79. The molecule has 170 valence electrons. The van der Waals surface area contributed by atoms with Crippen LogP contribution in [-0.2, 0) is 14.3 Å². The summed E-state index contributed by atoms with van der Waals surface area (Å²) in [6, 6.07) is 12.9. The zero-order valence-electron chi connectivity index (χ0n) is 18.6. The lowest BCUT2D eigenvalue weighted by Gasteiger charge is -2.31. The molecule has 5 rings (SSSR count). The normalized spacial score (nSPS) is 22.5. The van der Waals surface area contributed by atoms with Crippen molar-refractivity contribution in [3.63, 3.8) is 0 Å². The van der Waals surface area contributed by atoms with Crippen molar-refractivity contribution in [3.05, 3.63) is 65.7 Å². The summed E-state index contributed by atoms with van der Waals surface area (Å²) in [5, 5.41) is 2.96. The number of allylic oxidation sites excluding steroid dienone is 2. The molecule has 0 unspecified atom stereocenters. The molecule has 0 saturated carbocycles. The van der Waals surface area contributed by atoms with Gasteiger partial charge in [-0.2, -0.15) is 0 Å². The molecule has 0 radical (unpaired) electrons. The Kier molecular flexibility index (Phi) is 5.72. The van der Waals surface area contributed by atoms with Crippen LogP contribution in [0.25, 0.3) is 0 Å². The fraction of sp³-hybridized carbons (Fsp3) is 0.346. The van der Waals surface area contributed by atoms with Gasteiger partial charge in [-0.05, 0) is 50.1 Å². The van der Waals surface area contributed by atoms with Crippen molar-refractivity contribution in [1.82, 2.24) is 0 Å². The van der Waals surface area contributed by atoms with Crippen LogP contribution in [0.2, 0.25) is 0 Å². The average Bonchev–Trinajstić information content (AvgIpc) is 3.11. The van der Waals surface area contributed by atoms with Gasteiger partial charge in [0.05, 0.1) is 36.3 Å². The van der Waals surface area contributed by atoms with E-state index < -0.39 is 0 Å². The quantitative estimate of drug-likeness (QED) is 0.575. The van der Waals surface area contributed by atoms with Crippen LogP contribution in [0.1, 0.15) is 28.8 Å². The largest absolute Gasteiger partial charge is 0.378 e. The number of benzene rings is 2. The fourth-order valence-electron chi connectivity index (χ4n) is 4.82. The van der Waals surface area contributed by atoms with Crippen molar-refractivity contribution in [2.75, 3.05) is 41.4 Å². The molecule has 2 aliphatic heterocycles. The molecule has 1 aliphatic carbocycles. The molecule has 2 aromatic rings. The van der Waals surface area contributed by atoms with E-state index in [4.69, 9.17) is 4.74 Å². The summed E-state index contributed by atoms with van der Waals surface area (Å²) >= 11 is 0. The number of carbonyl (C=O) groups is 3. The molecular formula is C26H27N3O4. The molecule has 2 saturated heterocycles. The van der Waals surface area contributed by atoms with E-state index >= 15 is 0 Å². The fourth-order valence-corrected chi connectivity index (χ4v) is 4.82. The van der Waals surface area contributed by atoms with Gasteiger partial charge in [0, 0.05) is 24.5 Å². The maximum absolute atomic E-state index is 13.4. The Bertz CT molecular complexity index is 1090. The van der Waals surface area contributed by atoms with Crippen LogP contribution >= 0.6 is 0 Å². The molecule has 0 aromatic heterocycles. The van der Waals surface area contributed by atoms with E-state index in [2.05, 4.69) is 10.2 Å². The van der Waals surface area contributed by atoms with Crippen LogP contribution < -0.4 is 15.1 Å². The van der Waals surface area contributed by atoms with E-state index in [1.54, 1.807) is 12.1 Å². The second-order valence-electron chi connectivity index (χ2n) is 8.79. The average molecular weight is 446 g/mol. The molecule has 33 heavy (non-hydrogen) atoms. The predicted octanol–water partition coefficient (Wildman–Crippen LogP) is 3.54. The summed E-state index contributed by atoms with van der Waals surface area (Å²) in [5.74, 6) is -1.27. The van der Waals surface area contributed by atoms with Crippen LogP contribution in [0.15, 0.2) is 54.6 Å². The highest BCUT2D eigenvalue weighted by molar-refractivity contribution is 6.23. The molecule has 7 heteroatoms. The number of morpholine rings is 1. The van der Waals surface area contributed by atoms with E-state index in [1.165, 1.54) is 4.90 Å². The van der Waals surface area contributed by atoms with Gasteiger partial charge in [0.25, 0.3) is 5.91 Å². The van der Waals surface area contributed by atoms with Crippen molar-refractivity contribution in [2.24, 2.45) is 11.8 Å². The van der Waals surface area contributed by atoms with Crippen molar-refractivity contribution < 1.29 is 19.1 Å². The van der Waals surface area contributed by atoms with Crippen LogP contribution in [0.4, 0.5) is 17.1 Å². The number of rotatable bonds is 4. The minimum Gasteiger partial charge on any atom is -0.378 e. The molecule has 3 aliphatic rings. The first-order chi connectivity index (χ1) is 16.0. The summed E-state index contributed by atoms with van der Waals surface area (Å²) in [5.41, 5.74) is 3.44. The minimum atomic E-state index is -0.314. The Hall–Kier alpha value is -3.45. The Morgan fingerprint density at radius 2 is 1.58 bits per heavy atom. The highest BCUT2D eigenvalue weighted by Crippen LogP contribution is 2.39. The third-order valence-electron chi connectivity index (χ3n) is 6.65. The zero-order valence-corrected chi connectivity index (χ0v) is 18.6. The summed E-state index contributed by atoms with van der Waals surface area (Å²) < 4.78 is 5.47. The molecule has 2 atom stereocenters. The Labute approximate surface area is 193 Å². The molecule has 1 N–H and O–H groups in total. The maximum atomic E-state index is 13.4. The molecule has 2 heterocycles. The molecule has 3 amide bonds. The van der Waals surface area contributed by atoms with E-state index in [0.717, 1.165) is 11.3 Å². The highest BCUT2D eigenvalue weighted by Gasteiger charge is 2.48. The second kappa shape index (κ2) is 8.83. The van der Waals surface area contributed by atoms with E-state index in [9.17, 15) is 14.4 Å². The van der Waals surface area contributed by atoms with Crippen molar-refractivity contribution in [2.45, 2.75) is 19.8 Å². The third kappa shape index (κ3) is 4.04. The first-order valence-electron chi connectivity index (χ1n) is 11.4. The van der Waals surface area contributed by atoms with E-state index in [0.29, 0.717) is 56.1 Å². The van der Waals surface area contributed by atoms with Crippen LogP contribution in [0, 0.1) is 18.8 Å². The first kappa shape index (κ1) is 21.4. The van der Waals surface area contributed by atoms with Gasteiger partial charge in [-0.3, -0.25) is 19.3 Å². The van der Waals surface area contributed by atoms with Gasteiger partial charge in [-0.1, -0.05) is 29.8 Å². The Morgan fingerprint density at radius 1 is 0.939 bits per heavy atom. The predicted molar refractivity (Wildman–Crippen MR) is 126 cm³/mol. The minimum absolute atomic E-state index is 0.182. The lowest BCUT2D eigenvalue weighted by molar-refractivity contribution is -0.122. The lowest BCUT2D eigenvalue weighted by Crippen LogP contribution is -2.37. The molecule has 2 fully saturated rings. The summed E-state index contributed by atoms with van der Waals surface area (Å²) in [7, 11) is 0. The molecular weight excluding hydrogens is 418 g/mol.